The Hall–Kier alpha value is -2.44. The number of aryl methyl sites for hydroxylation is 2. The second-order valence-corrected chi connectivity index (χ2v) is 7.41. The largest absolute Gasteiger partial charge is 0.483 e. The van der Waals surface area contributed by atoms with Crippen LogP contribution in [0.5, 0.6) is 5.75 Å². The molecule has 0 saturated heterocycles. The number of carbonyl (C=O) groups is 1. The van der Waals surface area contributed by atoms with E-state index in [1.54, 1.807) is 0 Å². The molecule has 3 rings (SSSR count). The summed E-state index contributed by atoms with van der Waals surface area (Å²) < 4.78 is 5.60. The third kappa shape index (κ3) is 5.03. The van der Waals surface area contributed by atoms with E-state index >= 15 is 0 Å². The fourth-order valence-corrected chi connectivity index (χ4v) is 3.23. The summed E-state index contributed by atoms with van der Waals surface area (Å²) in [5.74, 6) is 0.445. The molecule has 0 bridgehead atoms. The number of carbonyl (C=O) groups excluding carboxylic acids is 1. The van der Waals surface area contributed by atoms with Crippen molar-refractivity contribution >= 4 is 34.0 Å². The Morgan fingerprint density at radius 3 is 2.69 bits per heavy atom. The summed E-state index contributed by atoms with van der Waals surface area (Å²) >= 11 is 7.23. The van der Waals surface area contributed by atoms with E-state index in [0.717, 1.165) is 21.7 Å². The maximum atomic E-state index is 12.1. The molecule has 2 aromatic carbocycles. The first-order valence-corrected chi connectivity index (χ1v) is 9.26. The number of anilines is 1. The van der Waals surface area contributed by atoms with Crippen molar-refractivity contribution < 1.29 is 9.53 Å². The Morgan fingerprint density at radius 2 is 1.92 bits per heavy atom. The minimum absolute atomic E-state index is 0.0730. The summed E-state index contributed by atoms with van der Waals surface area (Å²) in [4.78, 5) is 12.1. The molecule has 3 aromatic rings. The third-order valence-corrected chi connectivity index (χ3v) is 4.77. The van der Waals surface area contributed by atoms with Crippen molar-refractivity contribution in [2.45, 2.75) is 20.3 Å². The first-order valence-electron chi connectivity index (χ1n) is 8.06. The van der Waals surface area contributed by atoms with Crippen LogP contribution in [0.4, 0.5) is 5.13 Å². The van der Waals surface area contributed by atoms with Gasteiger partial charge in [0.2, 0.25) is 5.13 Å². The van der Waals surface area contributed by atoms with Gasteiger partial charge < -0.3 is 4.74 Å². The molecule has 1 heterocycles. The highest BCUT2D eigenvalue weighted by molar-refractivity contribution is 7.15. The minimum Gasteiger partial charge on any atom is -0.483 e. The van der Waals surface area contributed by atoms with Crippen LogP contribution in [-0.4, -0.2) is 22.7 Å². The number of aromatic nitrogens is 2. The highest BCUT2D eigenvalue weighted by atomic mass is 35.5. The second-order valence-electron chi connectivity index (χ2n) is 5.91. The van der Waals surface area contributed by atoms with Crippen molar-refractivity contribution in [3.05, 3.63) is 69.2 Å². The maximum absolute atomic E-state index is 12.1. The standard InChI is InChI=1S/C19H18ClN3O2S/c1-12-3-4-13(2)16(9-12)25-11-17(24)21-19-23-22-18(26-19)10-14-5-7-15(20)8-6-14/h3-9H,10-11H2,1-2H3,(H,21,23,24). The molecule has 0 spiro atoms. The van der Waals surface area contributed by atoms with E-state index in [9.17, 15) is 4.79 Å². The molecule has 0 atom stereocenters. The summed E-state index contributed by atoms with van der Waals surface area (Å²) in [6.07, 6.45) is 0.643. The van der Waals surface area contributed by atoms with Gasteiger partial charge in [0.05, 0.1) is 0 Å². The van der Waals surface area contributed by atoms with Gasteiger partial charge in [-0.1, -0.05) is 47.2 Å². The second kappa shape index (κ2) is 8.29. The zero-order valence-electron chi connectivity index (χ0n) is 14.5. The topological polar surface area (TPSA) is 64.1 Å². The number of nitrogens with zero attached hydrogens (tertiary/aromatic N) is 2. The van der Waals surface area contributed by atoms with Crippen LogP contribution < -0.4 is 10.1 Å². The van der Waals surface area contributed by atoms with E-state index in [4.69, 9.17) is 16.3 Å². The van der Waals surface area contributed by atoms with Crippen molar-refractivity contribution in [2.24, 2.45) is 0 Å². The first-order chi connectivity index (χ1) is 12.5. The zero-order valence-corrected chi connectivity index (χ0v) is 16.0. The zero-order chi connectivity index (χ0) is 18.5. The lowest BCUT2D eigenvalue weighted by molar-refractivity contribution is -0.118. The van der Waals surface area contributed by atoms with Gasteiger partial charge in [0, 0.05) is 11.4 Å². The van der Waals surface area contributed by atoms with E-state index < -0.39 is 0 Å². The van der Waals surface area contributed by atoms with Crippen molar-refractivity contribution in [1.29, 1.82) is 0 Å². The van der Waals surface area contributed by atoms with E-state index in [1.807, 2.05) is 56.3 Å². The Balaban J connectivity index is 1.54. The number of hydrogen-bond donors (Lipinski definition) is 1. The van der Waals surface area contributed by atoms with Crippen LogP contribution in [0.2, 0.25) is 5.02 Å². The Labute approximate surface area is 161 Å². The van der Waals surface area contributed by atoms with Crippen LogP contribution >= 0.6 is 22.9 Å². The van der Waals surface area contributed by atoms with Gasteiger partial charge in [0.25, 0.3) is 5.91 Å². The highest BCUT2D eigenvalue weighted by Crippen LogP contribution is 2.21. The van der Waals surface area contributed by atoms with Gasteiger partial charge in [0.1, 0.15) is 10.8 Å². The molecule has 134 valence electrons. The Kier molecular flexibility index (Phi) is 5.85. The number of nitrogens with one attached hydrogen (secondary N) is 1. The Morgan fingerprint density at radius 1 is 1.15 bits per heavy atom. The van der Waals surface area contributed by atoms with Gasteiger partial charge in [-0.3, -0.25) is 10.1 Å². The molecule has 5 nitrogen and oxygen atoms in total. The van der Waals surface area contributed by atoms with Crippen molar-refractivity contribution in [3.63, 3.8) is 0 Å². The number of rotatable bonds is 6. The fourth-order valence-electron chi connectivity index (χ4n) is 2.31. The van der Waals surface area contributed by atoms with Crippen LogP contribution in [0, 0.1) is 13.8 Å². The lowest BCUT2D eigenvalue weighted by Gasteiger charge is -2.09. The van der Waals surface area contributed by atoms with Crippen LogP contribution in [0.15, 0.2) is 42.5 Å². The number of ether oxygens (including phenoxy) is 1. The summed E-state index contributed by atoms with van der Waals surface area (Å²) in [7, 11) is 0. The molecule has 26 heavy (non-hydrogen) atoms. The van der Waals surface area contributed by atoms with Crippen LogP contribution in [0.25, 0.3) is 0 Å². The lowest BCUT2D eigenvalue weighted by Crippen LogP contribution is -2.20. The quantitative estimate of drug-likeness (QED) is 0.680. The molecular weight excluding hydrogens is 370 g/mol. The van der Waals surface area contributed by atoms with Gasteiger partial charge in [-0.15, -0.1) is 10.2 Å². The summed E-state index contributed by atoms with van der Waals surface area (Å²) in [5.41, 5.74) is 3.16. The molecule has 1 N–H and O–H groups in total. The Bertz CT molecular complexity index is 909. The van der Waals surface area contributed by atoms with Crippen LogP contribution in [-0.2, 0) is 11.2 Å². The van der Waals surface area contributed by atoms with Gasteiger partial charge in [0.15, 0.2) is 6.61 Å². The fraction of sp³-hybridized carbons (Fsp3) is 0.211. The predicted molar refractivity (Wildman–Crippen MR) is 104 cm³/mol. The van der Waals surface area contributed by atoms with Gasteiger partial charge in [-0.05, 0) is 48.7 Å². The summed E-state index contributed by atoms with van der Waals surface area (Å²) in [6.45, 7) is 3.85. The van der Waals surface area contributed by atoms with Gasteiger partial charge in [-0.25, -0.2) is 0 Å². The average molecular weight is 388 g/mol. The molecule has 0 unspecified atom stereocenters. The predicted octanol–water partition coefficient (Wildman–Crippen LogP) is 4.42. The molecular formula is C19H18ClN3O2S. The molecule has 0 aliphatic rings. The van der Waals surface area contributed by atoms with Gasteiger partial charge >= 0.3 is 0 Å². The molecule has 0 fully saturated rings. The molecule has 7 heteroatoms. The minimum atomic E-state index is -0.264. The molecule has 0 aliphatic carbocycles. The van der Waals surface area contributed by atoms with E-state index in [1.165, 1.54) is 11.3 Å². The van der Waals surface area contributed by atoms with Gasteiger partial charge in [-0.2, -0.15) is 0 Å². The van der Waals surface area contributed by atoms with Crippen molar-refractivity contribution in [2.75, 3.05) is 11.9 Å². The normalized spacial score (nSPS) is 10.6. The molecule has 1 aromatic heterocycles. The average Bonchev–Trinajstić information content (AvgIpc) is 3.04. The summed E-state index contributed by atoms with van der Waals surface area (Å²) in [6, 6.07) is 13.5. The van der Waals surface area contributed by atoms with E-state index in [-0.39, 0.29) is 12.5 Å². The van der Waals surface area contributed by atoms with Crippen molar-refractivity contribution in [1.82, 2.24) is 10.2 Å². The monoisotopic (exact) mass is 387 g/mol. The molecule has 0 radical (unpaired) electrons. The number of benzene rings is 2. The lowest BCUT2D eigenvalue weighted by atomic mass is 10.1. The number of halogens is 1. The smallest absolute Gasteiger partial charge is 0.264 e. The SMILES string of the molecule is Cc1ccc(C)c(OCC(=O)Nc2nnc(Cc3ccc(Cl)cc3)s2)c1. The molecule has 0 saturated carbocycles. The summed E-state index contributed by atoms with van der Waals surface area (Å²) in [5, 5.41) is 12.8. The number of hydrogen-bond acceptors (Lipinski definition) is 5. The van der Waals surface area contributed by atoms with Crippen LogP contribution in [0.3, 0.4) is 0 Å². The van der Waals surface area contributed by atoms with Crippen LogP contribution in [0.1, 0.15) is 21.7 Å². The van der Waals surface area contributed by atoms with Crippen molar-refractivity contribution in [3.8, 4) is 5.75 Å². The molecule has 1 amide bonds. The number of amides is 1. The highest BCUT2D eigenvalue weighted by Gasteiger charge is 2.10. The van der Waals surface area contributed by atoms with E-state index in [0.29, 0.717) is 22.3 Å². The maximum Gasteiger partial charge on any atom is 0.264 e. The third-order valence-electron chi connectivity index (χ3n) is 3.68. The first kappa shape index (κ1) is 18.4. The molecule has 0 aliphatic heterocycles. The van der Waals surface area contributed by atoms with E-state index in [2.05, 4.69) is 15.5 Å².